The van der Waals surface area contributed by atoms with Crippen LogP contribution in [-0.2, 0) is 12.8 Å². The highest BCUT2D eigenvalue weighted by molar-refractivity contribution is 5.53. The first-order valence-corrected chi connectivity index (χ1v) is 9.87. The molecule has 0 atom stereocenters. The molecule has 0 aliphatic heterocycles. The molecule has 4 rings (SSSR count). The van der Waals surface area contributed by atoms with Gasteiger partial charge in [-0.15, -0.1) is 0 Å². The Labute approximate surface area is 160 Å². The Kier molecular flexibility index (Phi) is 5.52. The summed E-state index contributed by atoms with van der Waals surface area (Å²) in [6.45, 7) is 2.49. The quantitative estimate of drug-likeness (QED) is 0.565. The molecule has 2 heterocycles. The van der Waals surface area contributed by atoms with Crippen molar-refractivity contribution < 1.29 is 9.15 Å². The van der Waals surface area contributed by atoms with Crippen molar-refractivity contribution in [3.8, 4) is 17.3 Å². The molecule has 2 aromatic heterocycles. The van der Waals surface area contributed by atoms with Gasteiger partial charge in [-0.05, 0) is 37.0 Å². The number of hydrogen-bond donors (Lipinski definition) is 0. The van der Waals surface area contributed by atoms with Crippen molar-refractivity contribution in [2.45, 2.75) is 45.4 Å². The molecule has 0 radical (unpaired) electrons. The number of benzene rings is 1. The van der Waals surface area contributed by atoms with Gasteiger partial charge in [0.15, 0.2) is 0 Å². The van der Waals surface area contributed by atoms with Crippen molar-refractivity contribution in [3.05, 3.63) is 65.7 Å². The second-order valence-corrected chi connectivity index (χ2v) is 7.35. The second-order valence-electron chi connectivity index (χ2n) is 7.35. The van der Waals surface area contributed by atoms with Crippen LogP contribution in [0.15, 0.2) is 53.1 Å². The summed E-state index contributed by atoms with van der Waals surface area (Å²) in [6, 6.07) is 14.1. The highest BCUT2D eigenvalue weighted by Crippen LogP contribution is 2.28. The van der Waals surface area contributed by atoms with E-state index in [1.165, 1.54) is 31.2 Å². The SMILES string of the molecule is Cc1oc(-c2ccccc2)nc1CCOc1ccc(CC2CCCC2)cn1. The molecule has 1 aromatic carbocycles. The molecular weight excluding hydrogens is 336 g/mol. The van der Waals surface area contributed by atoms with E-state index < -0.39 is 0 Å². The Morgan fingerprint density at radius 1 is 1.07 bits per heavy atom. The first-order valence-electron chi connectivity index (χ1n) is 9.87. The van der Waals surface area contributed by atoms with E-state index in [1.807, 2.05) is 49.5 Å². The molecule has 0 spiro atoms. The molecule has 0 bridgehead atoms. The van der Waals surface area contributed by atoms with Crippen LogP contribution in [0.5, 0.6) is 5.88 Å². The third kappa shape index (κ3) is 4.57. The topological polar surface area (TPSA) is 48.2 Å². The molecule has 4 heteroatoms. The van der Waals surface area contributed by atoms with Gasteiger partial charge in [0.2, 0.25) is 11.8 Å². The molecule has 1 aliphatic rings. The van der Waals surface area contributed by atoms with E-state index in [0.717, 1.165) is 29.4 Å². The number of nitrogens with zero attached hydrogens (tertiary/aromatic N) is 2. The fraction of sp³-hybridized carbons (Fsp3) is 0.391. The van der Waals surface area contributed by atoms with Crippen molar-refractivity contribution in [2.24, 2.45) is 5.92 Å². The van der Waals surface area contributed by atoms with Crippen molar-refractivity contribution >= 4 is 0 Å². The van der Waals surface area contributed by atoms with Gasteiger partial charge in [-0.2, -0.15) is 0 Å². The zero-order valence-corrected chi connectivity index (χ0v) is 15.9. The van der Waals surface area contributed by atoms with Gasteiger partial charge in [0, 0.05) is 24.2 Å². The van der Waals surface area contributed by atoms with Crippen LogP contribution in [0.4, 0.5) is 0 Å². The van der Waals surface area contributed by atoms with E-state index in [0.29, 0.717) is 24.8 Å². The minimum atomic E-state index is 0.538. The Morgan fingerprint density at radius 3 is 2.63 bits per heavy atom. The fourth-order valence-electron chi connectivity index (χ4n) is 3.78. The van der Waals surface area contributed by atoms with Gasteiger partial charge in [0.25, 0.3) is 0 Å². The van der Waals surface area contributed by atoms with Gasteiger partial charge in [-0.25, -0.2) is 9.97 Å². The van der Waals surface area contributed by atoms with Crippen molar-refractivity contribution in [2.75, 3.05) is 6.61 Å². The second kappa shape index (κ2) is 8.38. The normalized spacial score (nSPS) is 14.6. The Balaban J connectivity index is 1.30. The summed E-state index contributed by atoms with van der Waals surface area (Å²) in [5, 5.41) is 0. The largest absolute Gasteiger partial charge is 0.477 e. The number of rotatable bonds is 7. The molecule has 0 amide bonds. The highest BCUT2D eigenvalue weighted by atomic mass is 16.5. The van der Waals surface area contributed by atoms with Gasteiger partial charge in [-0.1, -0.05) is 49.9 Å². The molecule has 1 aliphatic carbocycles. The average Bonchev–Trinajstić information content (AvgIpc) is 3.34. The zero-order valence-electron chi connectivity index (χ0n) is 15.9. The van der Waals surface area contributed by atoms with E-state index in [1.54, 1.807) is 0 Å². The number of hydrogen-bond acceptors (Lipinski definition) is 4. The lowest BCUT2D eigenvalue weighted by molar-refractivity contribution is 0.307. The lowest BCUT2D eigenvalue weighted by atomic mass is 9.99. The monoisotopic (exact) mass is 362 g/mol. The summed E-state index contributed by atoms with van der Waals surface area (Å²) in [5.74, 6) is 3.02. The molecule has 1 saturated carbocycles. The smallest absolute Gasteiger partial charge is 0.226 e. The third-order valence-corrected chi connectivity index (χ3v) is 5.30. The minimum Gasteiger partial charge on any atom is -0.477 e. The number of oxazole rings is 1. The summed E-state index contributed by atoms with van der Waals surface area (Å²) in [5.41, 5.74) is 3.24. The molecule has 0 N–H and O–H groups in total. The Morgan fingerprint density at radius 2 is 1.89 bits per heavy atom. The van der Waals surface area contributed by atoms with Gasteiger partial charge >= 0.3 is 0 Å². The third-order valence-electron chi connectivity index (χ3n) is 5.30. The van der Waals surface area contributed by atoms with E-state index in [9.17, 15) is 0 Å². The maximum Gasteiger partial charge on any atom is 0.226 e. The fourth-order valence-corrected chi connectivity index (χ4v) is 3.78. The number of ether oxygens (including phenoxy) is 1. The molecule has 3 aromatic rings. The summed E-state index contributed by atoms with van der Waals surface area (Å²) in [7, 11) is 0. The minimum absolute atomic E-state index is 0.538. The number of aromatic nitrogens is 2. The molecule has 4 nitrogen and oxygen atoms in total. The summed E-state index contributed by atoms with van der Waals surface area (Å²) >= 11 is 0. The first kappa shape index (κ1) is 17.8. The molecule has 1 fully saturated rings. The van der Waals surface area contributed by atoms with Crippen LogP contribution in [0.3, 0.4) is 0 Å². The maximum absolute atomic E-state index is 5.81. The van der Waals surface area contributed by atoms with Crippen LogP contribution in [0.1, 0.15) is 42.7 Å². The van der Waals surface area contributed by atoms with Crippen molar-refractivity contribution in [1.82, 2.24) is 9.97 Å². The van der Waals surface area contributed by atoms with Gasteiger partial charge in [-0.3, -0.25) is 0 Å². The molecular formula is C23H26N2O2. The van der Waals surface area contributed by atoms with Crippen LogP contribution in [-0.4, -0.2) is 16.6 Å². The van der Waals surface area contributed by atoms with Crippen molar-refractivity contribution in [3.63, 3.8) is 0 Å². The van der Waals surface area contributed by atoms with Crippen LogP contribution in [0, 0.1) is 12.8 Å². The Hall–Kier alpha value is -2.62. The Bertz CT molecular complexity index is 850. The zero-order chi connectivity index (χ0) is 18.5. The van der Waals surface area contributed by atoms with Crippen molar-refractivity contribution in [1.29, 1.82) is 0 Å². The van der Waals surface area contributed by atoms with E-state index in [2.05, 4.69) is 16.0 Å². The number of aryl methyl sites for hydroxylation is 1. The van der Waals surface area contributed by atoms with E-state index in [-0.39, 0.29) is 0 Å². The van der Waals surface area contributed by atoms with Crippen LogP contribution in [0.25, 0.3) is 11.5 Å². The lowest BCUT2D eigenvalue weighted by Gasteiger charge is -2.09. The molecule has 0 unspecified atom stereocenters. The molecule has 0 saturated heterocycles. The lowest BCUT2D eigenvalue weighted by Crippen LogP contribution is -2.04. The maximum atomic E-state index is 5.81. The van der Waals surface area contributed by atoms with Gasteiger partial charge < -0.3 is 9.15 Å². The highest BCUT2D eigenvalue weighted by Gasteiger charge is 2.15. The van der Waals surface area contributed by atoms with Crippen LogP contribution >= 0.6 is 0 Å². The summed E-state index contributed by atoms with van der Waals surface area (Å²) in [6.07, 6.45) is 9.30. The summed E-state index contributed by atoms with van der Waals surface area (Å²) < 4.78 is 11.6. The van der Waals surface area contributed by atoms with Crippen LogP contribution < -0.4 is 4.74 Å². The van der Waals surface area contributed by atoms with E-state index >= 15 is 0 Å². The standard InChI is InChI=1S/C23H26N2O2/c1-17-21(25-23(27-17)20-9-3-2-4-10-20)13-14-26-22-12-11-19(16-24-22)15-18-7-5-6-8-18/h2-4,9-12,16,18H,5-8,13-15H2,1H3. The average molecular weight is 362 g/mol. The molecule has 27 heavy (non-hydrogen) atoms. The van der Waals surface area contributed by atoms with Crippen LogP contribution in [0.2, 0.25) is 0 Å². The number of pyridine rings is 1. The molecule has 140 valence electrons. The van der Waals surface area contributed by atoms with Gasteiger partial charge in [0.1, 0.15) is 5.76 Å². The first-order chi connectivity index (χ1) is 13.3. The van der Waals surface area contributed by atoms with E-state index in [4.69, 9.17) is 9.15 Å². The van der Waals surface area contributed by atoms with Gasteiger partial charge in [0.05, 0.1) is 12.3 Å². The predicted molar refractivity (Wildman–Crippen MR) is 106 cm³/mol. The summed E-state index contributed by atoms with van der Waals surface area (Å²) in [4.78, 5) is 9.08. The predicted octanol–water partition coefficient (Wildman–Crippen LogP) is 5.40.